The predicted molar refractivity (Wildman–Crippen MR) is 69.5 cm³/mol. The van der Waals surface area contributed by atoms with Crippen molar-refractivity contribution in [2.75, 3.05) is 0 Å². The summed E-state index contributed by atoms with van der Waals surface area (Å²) in [5.74, 6) is 0.546. The van der Waals surface area contributed by atoms with Crippen molar-refractivity contribution in [3.63, 3.8) is 0 Å². The standard InChI is InChI=1S/C13H7Cl2NO/c14-9-3-1-2-8(6-9)13-16-11-7-10(15)4-5-12(11)17-13/h1-7H. The van der Waals surface area contributed by atoms with Crippen LogP contribution in [0.25, 0.3) is 22.6 Å². The van der Waals surface area contributed by atoms with E-state index in [4.69, 9.17) is 27.6 Å². The van der Waals surface area contributed by atoms with E-state index in [0.29, 0.717) is 21.5 Å². The third-order valence-electron chi connectivity index (χ3n) is 2.42. The molecule has 0 amide bonds. The van der Waals surface area contributed by atoms with E-state index in [1.807, 2.05) is 24.3 Å². The van der Waals surface area contributed by atoms with Crippen LogP contribution in [-0.2, 0) is 0 Å². The molecule has 2 aromatic carbocycles. The average molecular weight is 264 g/mol. The number of halogens is 2. The Labute approximate surface area is 108 Å². The lowest BCUT2D eigenvalue weighted by Gasteiger charge is -1.94. The Kier molecular flexibility index (Phi) is 2.54. The molecule has 0 saturated carbocycles. The quantitative estimate of drug-likeness (QED) is 0.630. The molecule has 0 aliphatic heterocycles. The molecule has 0 fully saturated rings. The maximum Gasteiger partial charge on any atom is 0.227 e. The van der Waals surface area contributed by atoms with Gasteiger partial charge in [-0.15, -0.1) is 0 Å². The fraction of sp³-hybridized carbons (Fsp3) is 0. The highest BCUT2D eigenvalue weighted by molar-refractivity contribution is 6.31. The zero-order valence-electron chi connectivity index (χ0n) is 8.65. The first-order chi connectivity index (χ1) is 8.22. The number of hydrogen-bond donors (Lipinski definition) is 0. The summed E-state index contributed by atoms with van der Waals surface area (Å²) >= 11 is 11.8. The molecule has 0 atom stereocenters. The van der Waals surface area contributed by atoms with Crippen LogP contribution in [0, 0.1) is 0 Å². The Balaban J connectivity index is 2.18. The van der Waals surface area contributed by atoms with Gasteiger partial charge in [-0.2, -0.15) is 0 Å². The minimum absolute atomic E-state index is 0.546. The van der Waals surface area contributed by atoms with Gasteiger partial charge in [-0.25, -0.2) is 4.98 Å². The van der Waals surface area contributed by atoms with Gasteiger partial charge in [0.15, 0.2) is 5.58 Å². The van der Waals surface area contributed by atoms with Crippen molar-refractivity contribution in [3.05, 3.63) is 52.5 Å². The van der Waals surface area contributed by atoms with Gasteiger partial charge in [-0.1, -0.05) is 29.3 Å². The van der Waals surface area contributed by atoms with Crippen molar-refractivity contribution in [2.24, 2.45) is 0 Å². The van der Waals surface area contributed by atoms with Gasteiger partial charge >= 0.3 is 0 Å². The van der Waals surface area contributed by atoms with Crippen LogP contribution in [0.2, 0.25) is 10.0 Å². The fourth-order valence-electron chi connectivity index (χ4n) is 1.65. The number of aromatic nitrogens is 1. The fourth-order valence-corrected chi connectivity index (χ4v) is 2.00. The van der Waals surface area contributed by atoms with Crippen LogP contribution in [0.15, 0.2) is 46.9 Å². The molecule has 3 rings (SSSR count). The van der Waals surface area contributed by atoms with Gasteiger partial charge in [0.2, 0.25) is 5.89 Å². The lowest BCUT2D eigenvalue weighted by atomic mass is 10.2. The second-order valence-corrected chi connectivity index (χ2v) is 4.51. The predicted octanol–water partition coefficient (Wildman–Crippen LogP) is 4.80. The van der Waals surface area contributed by atoms with Crippen molar-refractivity contribution in [1.29, 1.82) is 0 Å². The van der Waals surface area contributed by atoms with Gasteiger partial charge in [0.05, 0.1) is 0 Å². The van der Waals surface area contributed by atoms with Crippen molar-refractivity contribution < 1.29 is 4.42 Å². The zero-order valence-corrected chi connectivity index (χ0v) is 10.2. The molecule has 0 saturated heterocycles. The highest BCUT2D eigenvalue weighted by Gasteiger charge is 2.08. The minimum Gasteiger partial charge on any atom is -0.436 e. The summed E-state index contributed by atoms with van der Waals surface area (Å²) in [5.41, 5.74) is 2.31. The van der Waals surface area contributed by atoms with Crippen molar-refractivity contribution in [2.45, 2.75) is 0 Å². The molecule has 0 spiro atoms. The Morgan fingerprint density at radius 2 is 1.76 bits per heavy atom. The third-order valence-corrected chi connectivity index (χ3v) is 2.89. The number of rotatable bonds is 1. The Morgan fingerprint density at radius 1 is 0.941 bits per heavy atom. The van der Waals surface area contributed by atoms with Crippen LogP contribution < -0.4 is 0 Å². The number of oxazole rings is 1. The average Bonchev–Trinajstić information content (AvgIpc) is 2.72. The first kappa shape index (κ1) is 10.6. The molecule has 4 heteroatoms. The molecular formula is C13H7Cl2NO. The summed E-state index contributed by atoms with van der Waals surface area (Å²) in [6.45, 7) is 0. The van der Waals surface area contributed by atoms with Crippen LogP contribution in [0.1, 0.15) is 0 Å². The maximum absolute atomic E-state index is 5.93. The van der Waals surface area contributed by atoms with E-state index in [2.05, 4.69) is 4.98 Å². The molecule has 0 radical (unpaired) electrons. The third kappa shape index (κ3) is 2.02. The molecule has 0 N–H and O–H groups in total. The summed E-state index contributed by atoms with van der Waals surface area (Å²) in [6.07, 6.45) is 0. The molecule has 2 nitrogen and oxygen atoms in total. The first-order valence-electron chi connectivity index (χ1n) is 5.04. The van der Waals surface area contributed by atoms with Crippen molar-refractivity contribution >= 4 is 34.3 Å². The zero-order chi connectivity index (χ0) is 11.8. The Morgan fingerprint density at radius 3 is 2.59 bits per heavy atom. The maximum atomic E-state index is 5.93. The second kappa shape index (κ2) is 4.06. The van der Waals surface area contributed by atoms with E-state index in [1.165, 1.54) is 0 Å². The second-order valence-electron chi connectivity index (χ2n) is 3.64. The van der Waals surface area contributed by atoms with E-state index in [-0.39, 0.29) is 0 Å². The number of fused-ring (bicyclic) bond motifs is 1. The van der Waals surface area contributed by atoms with Gasteiger partial charge in [0, 0.05) is 15.6 Å². The topological polar surface area (TPSA) is 26.0 Å². The summed E-state index contributed by atoms with van der Waals surface area (Å²) < 4.78 is 5.64. The summed E-state index contributed by atoms with van der Waals surface area (Å²) in [5, 5.41) is 1.30. The molecule has 1 aromatic heterocycles. The van der Waals surface area contributed by atoms with Gasteiger partial charge in [0.25, 0.3) is 0 Å². The molecule has 1 heterocycles. The highest BCUT2D eigenvalue weighted by atomic mass is 35.5. The summed E-state index contributed by atoms with van der Waals surface area (Å²) in [7, 11) is 0. The minimum atomic E-state index is 0.546. The highest BCUT2D eigenvalue weighted by Crippen LogP contribution is 2.27. The lowest BCUT2D eigenvalue weighted by Crippen LogP contribution is -1.76. The molecule has 17 heavy (non-hydrogen) atoms. The van der Waals surface area contributed by atoms with Crippen LogP contribution >= 0.6 is 23.2 Å². The van der Waals surface area contributed by atoms with Crippen molar-refractivity contribution in [3.8, 4) is 11.5 Å². The van der Waals surface area contributed by atoms with Gasteiger partial charge in [-0.3, -0.25) is 0 Å². The molecule has 0 aliphatic rings. The lowest BCUT2D eigenvalue weighted by molar-refractivity contribution is 0.620. The molecular weight excluding hydrogens is 257 g/mol. The van der Waals surface area contributed by atoms with E-state index < -0.39 is 0 Å². The number of hydrogen-bond acceptors (Lipinski definition) is 2. The molecule has 0 bridgehead atoms. The monoisotopic (exact) mass is 263 g/mol. The van der Waals surface area contributed by atoms with Crippen LogP contribution in [0.4, 0.5) is 0 Å². The molecule has 0 unspecified atom stereocenters. The Hall–Kier alpha value is -1.51. The molecule has 3 aromatic rings. The van der Waals surface area contributed by atoms with Gasteiger partial charge in [0.1, 0.15) is 5.52 Å². The van der Waals surface area contributed by atoms with E-state index in [9.17, 15) is 0 Å². The SMILES string of the molecule is Clc1cccc(-c2nc3cc(Cl)ccc3o2)c1. The van der Waals surface area contributed by atoms with Gasteiger partial charge in [-0.05, 0) is 36.4 Å². The smallest absolute Gasteiger partial charge is 0.227 e. The largest absolute Gasteiger partial charge is 0.436 e. The van der Waals surface area contributed by atoms with Crippen LogP contribution in [0.3, 0.4) is 0 Å². The summed E-state index contributed by atoms with van der Waals surface area (Å²) in [6, 6.07) is 12.7. The van der Waals surface area contributed by atoms with Gasteiger partial charge < -0.3 is 4.42 Å². The van der Waals surface area contributed by atoms with Crippen LogP contribution in [-0.4, -0.2) is 4.98 Å². The van der Waals surface area contributed by atoms with E-state index >= 15 is 0 Å². The number of nitrogens with zero attached hydrogens (tertiary/aromatic N) is 1. The normalized spacial score (nSPS) is 10.9. The van der Waals surface area contributed by atoms with Crippen molar-refractivity contribution in [1.82, 2.24) is 4.98 Å². The first-order valence-corrected chi connectivity index (χ1v) is 5.80. The van der Waals surface area contributed by atoms with E-state index in [1.54, 1.807) is 18.2 Å². The summed E-state index contributed by atoms with van der Waals surface area (Å²) in [4.78, 5) is 4.38. The van der Waals surface area contributed by atoms with E-state index in [0.717, 1.165) is 11.1 Å². The number of benzene rings is 2. The molecule has 0 aliphatic carbocycles. The Bertz CT molecular complexity index is 691. The molecule has 84 valence electrons. The van der Waals surface area contributed by atoms with Crippen LogP contribution in [0.5, 0.6) is 0 Å².